The van der Waals surface area contributed by atoms with Gasteiger partial charge in [-0.3, -0.25) is 0 Å². The summed E-state index contributed by atoms with van der Waals surface area (Å²) < 4.78 is 0. The first-order valence-electron chi connectivity index (χ1n) is 7.63. The summed E-state index contributed by atoms with van der Waals surface area (Å²) in [5.74, 6) is 1.86. The predicted octanol–water partition coefficient (Wildman–Crippen LogP) is 2.43. The van der Waals surface area contributed by atoms with Gasteiger partial charge in [-0.1, -0.05) is 6.92 Å². The van der Waals surface area contributed by atoms with E-state index in [0.29, 0.717) is 11.9 Å². The molecular weight excluding hydrogens is 284 g/mol. The Morgan fingerprint density at radius 2 is 2.33 bits per heavy atom. The summed E-state index contributed by atoms with van der Waals surface area (Å²) in [6, 6.07) is 2.20. The molecule has 1 unspecified atom stereocenters. The van der Waals surface area contributed by atoms with E-state index in [2.05, 4.69) is 27.9 Å². The number of anilines is 2. The van der Waals surface area contributed by atoms with Gasteiger partial charge in [0, 0.05) is 24.6 Å². The number of aromatic nitrogens is 2. The third-order valence-corrected chi connectivity index (χ3v) is 5.32. The molecular formula is C15H22N4OS. The van der Waals surface area contributed by atoms with Gasteiger partial charge >= 0.3 is 0 Å². The lowest BCUT2D eigenvalue weighted by Gasteiger charge is -2.33. The number of nitrogens with zero attached hydrogens (tertiary/aromatic N) is 3. The van der Waals surface area contributed by atoms with Crippen molar-refractivity contribution in [3.8, 4) is 0 Å². The second kappa shape index (κ2) is 6.15. The second-order valence-electron chi connectivity index (χ2n) is 5.66. The van der Waals surface area contributed by atoms with Gasteiger partial charge in [0.25, 0.3) is 0 Å². The number of nitrogens with two attached hydrogens (primary N) is 1. The van der Waals surface area contributed by atoms with Crippen LogP contribution in [0.5, 0.6) is 0 Å². The van der Waals surface area contributed by atoms with Crippen LogP contribution in [0.25, 0.3) is 10.2 Å². The zero-order chi connectivity index (χ0) is 14.8. The lowest BCUT2D eigenvalue weighted by molar-refractivity contribution is 0.244. The molecule has 1 aliphatic heterocycles. The maximum atomic E-state index is 9.16. The lowest BCUT2D eigenvalue weighted by Crippen LogP contribution is -2.36. The van der Waals surface area contributed by atoms with E-state index in [9.17, 15) is 0 Å². The third kappa shape index (κ3) is 2.96. The zero-order valence-electron chi connectivity index (χ0n) is 12.4. The van der Waals surface area contributed by atoms with Crippen molar-refractivity contribution in [3.63, 3.8) is 0 Å². The highest BCUT2D eigenvalue weighted by Crippen LogP contribution is 2.34. The molecule has 0 saturated carbocycles. The Labute approximate surface area is 128 Å². The Morgan fingerprint density at radius 3 is 3.10 bits per heavy atom. The Balaban J connectivity index is 1.96. The molecule has 1 atom stereocenters. The summed E-state index contributed by atoms with van der Waals surface area (Å²) in [5, 5.41) is 10.3. The number of hydrogen-bond acceptors (Lipinski definition) is 6. The Morgan fingerprint density at radius 1 is 1.48 bits per heavy atom. The van der Waals surface area contributed by atoms with Crippen molar-refractivity contribution in [1.29, 1.82) is 0 Å². The smallest absolute Gasteiger partial charge is 0.223 e. The molecule has 3 N–H and O–H groups in total. The van der Waals surface area contributed by atoms with Gasteiger partial charge in [-0.05, 0) is 37.7 Å². The minimum Gasteiger partial charge on any atom is -0.396 e. The topological polar surface area (TPSA) is 75.3 Å². The number of thiophene rings is 1. The monoisotopic (exact) mass is 306 g/mol. The summed E-state index contributed by atoms with van der Waals surface area (Å²) in [6.45, 7) is 4.37. The molecule has 0 radical (unpaired) electrons. The van der Waals surface area contributed by atoms with Gasteiger partial charge in [-0.15, -0.1) is 11.3 Å². The number of aliphatic hydroxyl groups excluding tert-OH is 1. The molecule has 0 aliphatic carbocycles. The molecule has 21 heavy (non-hydrogen) atoms. The van der Waals surface area contributed by atoms with Crippen LogP contribution in [0.4, 0.5) is 11.8 Å². The fraction of sp³-hybridized carbons (Fsp3) is 0.600. The molecule has 0 aromatic carbocycles. The zero-order valence-corrected chi connectivity index (χ0v) is 13.2. The molecule has 2 aromatic heterocycles. The van der Waals surface area contributed by atoms with Gasteiger partial charge in [0.2, 0.25) is 5.95 Å². The maximum Gasteiger partial charge on any atom is 0.223 e. The fourth-order valence-corrected chi connectivity index (χ4v) is 4.03. The highest BCUT2D eigenvalue weighted by Gasteiger charge is 2.23. The van der Waals surface area contributed by atoms with Crippen molar-refractivity contribution in [2.45, 2.75) is 32.6 Å². The van der Waals surface area contributed by atoms with E-state index in [-0.39, 0.29) is 6.61 Å². The van der Waals surface area contributed by atoms with E-state index in [0.717, 1.165) is 48.4 Å². The van der Waals surface area contributed by atoms with Gasteiger partial charge in [-0.2, -0.15) is 4.98 Å². The Hall–Kier alpha value is -1.40. The molecule has 1 saturated heterocycles. The van der Waals surface area contributed by atoms with Crippen molar-refractivity contribution in [2.75, 3.05) is 30.3 Å². The van der Waals surface area contributed by atoms with Gasteiger partial charge in [0.1, 0.15) is 10.6 Å². The van der Waals surface area contributed by atoms with Crippen LogP contribution in [0.3, 0.4) is 0 Å². The summed E-state index contributed by atoms with van der Waals surface area (Å²) in [7, 11) is 0. The predicted molar refractivity (Wildman–Crippen MR) is 87.8 cm³/mol. The van der Waals surface area contributed by atoms with Crippen molar-refractivity contribution >= 4 is 33.3 Å². The van der Waals surface area contributed by atoms with Gasteiger partial charge in [-0.25, -0.2) is 4.98 Å². The summed E-state index contributed by atoms with van der Waals surface area (Å²) in [5.41, 5.74) is 5.89. The normalized spacial score (nSPS) is 19.3. The maximum absolute atomic E-state index is 9.16. The fourth-order valence-electron chi connectivity index (χ4n) is 3.06. The average molecular weight is 306 g/mol. The number of nitrogen functional groups attached to an aromatic ring is 1. The number of hydrogen-bond donors (Lipinski definition) is 2. The van der Waals surface area contributed by atoms with Crippen molar-refractivity contribution < 1.29 is 5.11 Å². The Kier molecular flexibility index (Phi) is 4.26. The number of fused-ring (bicyclic) bond motifs is 1. The SMILES string of the molecule is CCc1cc2c(N3CCCC(CCO)C3)nc(N)nc2s1. The first-order valence-corrected chi connectivity index (χ1v) is 8.44. The van der Waals surface area contributed by atoms with E-state index in [1.165, 1.54) is 11.3 Å². The molecule has 3 heterocycles. The molecule has 2 aromatic rings. The highest BCUT2D eigenvalue weighted by atomic mass is 32.1. The van der Waals surface area contributed by atoms with Crippen LogP contribution >= 0.6 is 11.3 Å². The first kappa shape index (κ1) is 14.5. The van der Waals surface area contributed by atoms with E-state index >= 15 is 0 Å². The molecule has 1 aliphatic rings. The minimum absolute atomic E-state index is 0.262. The molecule has 0 spiro atoms. The van der Waals surface area contributed by atoms with Gasteiger partial charge in [0.15, 0.2) is 0 Å². The van der Waals surface area contributed by atoms with E-state index < -0.39 is 0 Å². The van der Waals surface area contributed by atoms with Crippen LogP contribution in [0.1, 0.15) is 31.1 Å². The minimum atomic E-state index is 0.262. The van der Waals surface area contributed by atoms with E-state index in [1.54, 1.807) is 11.3 Å². The summed E-state index contributed by atoms with van der Waals surface area (Å²) >= 11 is 1.70. The Bertz CT molecular complexity index is 625. The van der Waals surface area contributed by atoms with Crippen LogP contribution in [0.2, 0.25) is 0 Å². The standard InChI is InChI=1S/C15H22N4OS/c1-2-11-8-12-13(17-15(16)18-14(12)21-11)19-6-3-4-10(9-19)5-7-20/h8,10,20H,2-7,9H2,1H3,(H2,16,17,18). The van der Waals surface area contributed by atoms with E-state index in [4.69, 9.17) is 10.8 Å². The molecule has 1 fully saturated rings. The van der Waals surface area contributed by atoms with Gasteiger partial charge < -0.3 is 15.7 Å². The average Bonchev–Trinajstić information content (AvgIpc) is 2.90. The van der Waals surface area contributed by atoms with Crippen LogP contribution in [0, 0.1) is 5.92 Å². The number of aliphatic hydroxyl groups is 1. The molecule has 0 amide bonds. The van der Waals surface area contributed by atoms with Crippen LogP contribution in [0.15, 0.2) is 6.07 Å². The molecule has 3 rings (SSSR count). The molecule has 5 nitrogen and oxygen atoms in total. The number of aryl methyl sites for hydroxylation is 1. The molecule has 6 heteroatoms. The highest BCUT2D eigenvalue weighted by molar-refractivity contribution is 7.18. The molecule has 114 valence electrons. The largest absolute Gasteiger partial charge is 0.396 e. The van der Waals surface area contributed by atoms with Crippen molar-refractivity contribution in [2.24, 2.45) is 5.92 Å². The summed E-state index contributed by atoms with van der Waals surface area (Å²) in [6.07, 6.45) is 4.20. The number of piperidine rings is 1. The summed E-state index contributed by atoms with van der Waals surface area (Å²) in [4.78, 5) is 13.5. The number of rotatable bonds is 4. The van der Waals surface area contributed by atoms with Crippen molar-refractivity contribution in [3.05, 3.63) is 10.9 Å². The van der Waals surface area contributed by atoms with Gasteiger partial charge in [0.05, 0.1) is 5.39 Å². The van der Waals surface area contributed by atoms with Crippen molar-refractivity contribution in [1.82, 2.24) is 9.97 Å². The quantitative estimate of drug-likeness (QED) is 0.907. The first-order chi connectivity index (χ1) is 10.2. The molecule has 0 bridgehead atoms. The van der Waals surface area contributed by atoms with Crippen LogP contribution < -0.4 is 10.6 Å². The van der Waals surface area contributed by atoms with Crippen LogP contribution in [-0.4, -0.2) is 34.8 Å². The van der Waals surface area contributed by atoms with Crippen LogP contribution in [-0.2, 0) is 6.42 Å². The third-order valence-electron chi connectivity index (χ3n) is 4.15. The van der Waals surface area contributed by atoms with E-state index in [1.807, 2.05) is 0 Å². The lowest BCUT2D eigenvalue weighted by atomic mass is 9.95. The second-order valence-corrected chi connectivity index (χ2v) is 6.77.